The minimum absolute atomic E-state index is 0.136. The van der Waals surface area contributed by atoms with Crippen LogP contribution in [0, 0.1) is 5.92 Å². The molecule has 0 atom stereocenters. The van der Waals surface area contributed by atoms with Crippen molar-refractivity contribution in [1.82, 2.24) is 4.90 Å². The molecule has 0 spiro atoms. The van der Waals surface area contributed by atoms with E-state index in [0.29, 0.717) is 5.75 Å². The number of phenols is 1. The van der Waals surface area contributed by atoms with Crippen LogP contribution < -0.4 is 5.73 Å². The van der Waals surface area contributed by atoms with Gasteiger partial charge in [-0.2, -0.15) is 0 Å². The molecule has 1 saturated carbocycles. The summed E-state index contributed by atoms with van der Waals surface area (Å²) in [6.07, 6.45) is 6.25. The van der Waals surface area contributed by atoms with E-state index in [1.165, 1.54) is 32.1 Å². The number of likely N-dealkylation sites (N-methyl/N-ethyl adjacent to an activating group) is 1. The highest BCUT2D eigenvalue weighted by Crippen LogP contribution is 2.37. The number of hydrogen-bond acceptors (Lipinski definition) is 3. The van der Waals surface area contributed by atoms with Crippen molar-refractivity contribution >= 4 is 0 Å². The van der Waals surface area contributed by atoms with Gasteiger partial charge >= 0.3 is 0 Å². The Balaban J connectivity index is 2.04. The molecule has 0 unspecified atom stereocenters. The number of nitrogens with zero attached hydrogens (tertiary/aromatic N) is 1. The number of nitrogens with two attached hydrogens (primary N) is 1. The van der Waals surface area contributed by atoms with Crippen molar-refractivity contribution in [2.75, 3.05) is 13.6 Å². The summed E-state index contributed by atoms with van der Waals surface area (Å²) in [6, 6.07) is 7.53. The molecule has 1 aliphatic carbocycles. The first-order chi connectivity index (χ1) is 9.59. The zero-order valence-corrected chi connectivity index (χ0v) is 12.8. The minimum atomic E-state index is 0.136. The van der Waals surface area contributed by atoms with Crippen LogP contribution in [0.3, 0.4) is 0 Å². The first-order valence-corrected chi connectivity index (χ1v) is 7.79. The van der Waals surface area contributed by atoms with Gasteiger partial charge < -0.3 is 10.8 Å². The Labute approximate surface area is 122 Å². The first-order valence-electron chi connectivity index (χ1n) is 7.79. The van der Waals surface area contributed by atoms with Crippen molar-refractivity contribution in [3.8, 4) is 5.75 Å². The summed E-state index contributed by atoms with van der Waals surface area (Å²) in [5.74, 6) is 1.22. The lowest BCUT2D eigenvalue weighted by atomic mass is 9.74. The largest absolute Gasteiger partial charge is 0.508 e. The van der Waals surface area contributed by atoms with Gasteiger partial charge in [-0.1, -0.05) is 25.5 Å². The maximum absolute atomic E-state index is 9.58. The van der Waals surface area contributed by atoms with Gasteiger partial charge in [-0.05, 0) is 56.3 Å². The summed E-state index contributed by atoms with van der Waals surface area (Å²) in [5.41, 5.74) is 7.41. The van der Waals surface area contributed by atoms with Gasteiger partial charge in [-0.25, -0.2) is 0 Å². The van der Waals surface area contributed by atoms with Gasteiger partial charge in [-0.15, -0.1) is 0 Å². The Morgan fingerprint density at radius 3 is 2.60 bits per heavy atom. The molecule has 3 N–H and O–H groups in total. The molecule has 0 aliphatic heterocycles. The summed E-state index contributed by atoms with van der Waals surface area (Å²) >= 11 is 0. The number of phenolic OH excluding ortho intramolecular Hbond substituents is 1. The van der Waals surface area contributed by atoms with Crippen molar-refractivity contribution in [3.05, 3.63) is 29.8 Å². The topological polar surface area (TPSA) is 49.5 Å². The van der Waals surface area contributed by atoms with Crippen LogP contribution in [0.2, 0.25) is 0 Å². The second kappa shape index (κ2) is 6.59. The highest BCUT2D eigenvalue weighted by atomic mass is 16.3. The molecule has 0 saturated heterocycles. The molecule has 1 aromatic carbocycles. The summed E-state index contributed by atoms with van der Waals surface area (Å²) in [5, 5.41) is 9.58. The van der Waals surface area contributed by atoms with E-state index in [1.807, 2.05) is 12.1 Å². The lowest BCUT2D eigenvalue weighted by Gasteiger charge is -2.46. The molecule has 1 fully saturated rings. The third-order valence-corrected chi connectivity index (χ3v) is 5.13. The summed E-state index contributed by atoms with van der Waals surface area (Å²) in [7, 11) is 2.17. The van der Waals surface area contributed by atoms with Crippen LogP contribution >= 0.6 is 0 Å². The van der Waals surface area contributed by atoms with Gasteiger partial charge in [0.25, 0.3) is 0 Å². The van der Waals surface area contributed by atoms with Crippen LogP contribution in [0.4, 0.5) is 0 Å². The molecule has 0 radical (unpaired) electrons. The smallest absolute Gasteiger partial charge is 0.115 e. The van der Waals surface area contributed by atoms with Crippen LogP contribution in [0.25, 0.3) is 0 Å². The molecule has 3 heteroatoms. The minimum Gasteiger partial charge on any atom is -0.508 e. The van der Waals surface area contributed by atoms with Crippen LogP contribution in [0.15, 0.2) is 24.3 Å². The Hall–Kier alpha value is -1.06. The molecule has 20 heavy (non-hydrogen) atoms. The van der Waals surface area contributed by atoms with Gasteiger partial charge in [-0.3, -0.25) is 4.90 Å². The molecule has 1 aliphatic rings. The quantitative estimate of drug-likeness (QED) is 0.868. The van der Waals surface area contributed by atoms with E-state index in [0.717, 1.165) is 24.6 Å². The number of aromatic hydroxyl groups is 1. The summed E-state index contributed by atoms with van der Waals surface area (Å²) < 4.78 is 0. The molecule has 0 heterocycles. The molecule has 0 amide bonds. The zero-order chi connectivity index (χ0) is 14.6. The third kappa shape index (κ3) is 3.33. The molecule has 3 nitrogen and oxygen atoms in total. The highest BCUT2D eigenvalue weighted by molar-refractivity contribution is 5.27. The first kappa shape index (κ1) is 15.3. The maximum Gasteiger partial charge on any atom is 0.115 e. The van der Waals surface area contributed by atoms with Crippen molar-refractivity contribution in [2.45, 2.75) is 51.1 Å². The summed E-state index contributed by atoms with van der Waals surface area (Å²) in [4.78, 5) is 2.40. The fraction of sp³-hybridized carbons (Fsp3) is 0.647. The van der Waals surface area contributed by atoms with Crippen molar-refractivity contribution < 1.29 is 5.11 Å². The number of benzene rings is 1. The highest BCUT2D eigenvalue weighted by Gasteiger charge is 2.37. The van der Waals surface area contributed by atoms with E-state index in [2.05, 4.69) is 24.9 Å². The van der Waals surface area contributed by atoms with Gasteiger partial charge in [0, 0.05) is 18.6 Å². The van der Waals surface area contributed by atoms with E-state index in [4.69, 9.17) is 5.73 Å². The Morgan fingerprint density at radius 1 is 1.35 bits per heavy atom. The van der Waals surface area contributed by atoms with Crippen LogP contribution in [0.1, 0.15) is 44.6 Å². The van der Waals surface area contributed by atoms with E-state index in [-0.39, 0.29) is 5.54 Å². The van der Waals surface area contributed by atoms with Crippen molar-refractivity contribution in [2.24, 2.45) is 11.7 Å². The van der Waals surface area contributed by atoms with Gasteiger partial charge in [0.2, 0.25) is 0 Å². The average Bonchev–Trinajstić information content (AvgIpc) is 2.47. The lowest BCUT2D eigenvalue weighted by molar-refractivity contribution is 0.0579. The van der Waals surface area contributed by atoms with Gasteiger partial charge in [0.1, 0.15) is 5.75 Å². The van der Waals surface area contributed by atoms with Crippen LogP contribution in [-0.4, -0.2) is 29.1 Å². The Kier molecular flexibility index (Phi) is 5.06. The second-order valence-corrected chi connectivity index (χ2v) is 6.31. The molecule has 112 valence electrons. The lowest BCUT2D eigenvalue weighted by Crippen LogP contribution is -2.53. The molecular formula is C17H28N2O. The van der Waals surface area contributed by atoms with Crippen LogP contribution in [0.5, 0.6) is 5.75 Å². The Morgan fingerprint density at radius 2 is 2.05 bits per heavy atom. The monoisotopic (exact) mass is 276 g/mol. The molecule has 2 rings (SSSR count). The number of rotatable bonds is 5. The molecule has 0 aromatic heterocycles. The molecule has 0 bridgehead atoms. The molecular weight excluding hydrogens is 248 g/mol. The zero-order valence-electron chi connectivity index (χ0n) is 12.8. The van der Waals surface area contributed by atoms with Gasteiger partial charge in [0.15, 0.2) is 0 Å². The van der Waals surface area contributed by atoms with Gasteiger partial charge in [0.05, 0.1) is 0 Å². The van der Waals surface area contributed by atoms with E-state index >= 15 is 0 Å². The SMILES string of the molecule is CCC1CCC(CN)(N(C)Cc2cccc(O)c2)CC1. The standard InChI is InChI=1S/C17H28N2O/c1-3-14-7-9-17(13-18,10-8-14)19(2)12-15-5-4-6-16(20)11-15/h4-6,11,14,20H,3,7-10,12-13,18H2,1-2H3. The fourth-order valence-electron chi connectivity index (χ4n) is 3.46. The van der Waals surface area contributed by atoms with E-state index < -0.39 is 0 Å². The fourth-order valence-corrected chi connectivity index (χ4v) is 3.46. The number of hydrogen-bond donors (Lipinski definition) is 2. The second-order valence-electron chi connectivity index (χ2n) is 6.31. The predicted molar refractivity (Wildman–Crippen MR) is 83.6 cm³/mol. The third-order valence-electron chi connectivity index (χ3n) is 5.13. The van der Waals surface area contributed by atoms with E-state index in [9.17, 15) is 5.11 Å². The maximum atomic E-state index is 9.58. The summed E-state index contributed by atoms with van der Waals surface area (Å²) in [6.45, 7) is 3.86. The van der Waals surface area contributed by atoms with Crippen molar-refractivity contribution in [3.63, 3.8) is 0 Å². The van der Waals surface area contributed by atoms with E-state index in [1.54, 1.807) is 6.07 Å². The Bertz CT molecular complexity index is 425. The molecule has 1 aromatic rings. The normalized spacial score (nSPS) is 26.9. The predicted octanol–water partition coefficient (Wildman–Crippen LogP) is 3.12. The average molecular weight is 276 g/mol. The van der Waals surface area contributed by atoms with Crippen LogP contribution in [-0.2, 0) is 6.54 Å². The van der Waals surface area contributed by atoms with Crippen molar-refractivity contribution in [1.29, 1.82) is 0 Å².